The fraction of sp³-hybridized carbons (Fsp3) is 0.290. The molecule has 204 valence electrons. The summed E-state index contributed by atoms with van der Waals surface area (Å²) in [6.45, 7) is 4.46. The van der Waals surface area contributed by atoms with Crippen molar-refractivity contribution in [3.63, 3.8) is 0 Å². The lowest BCUT2D eigenvalue weighted by Gasteiger charge is -2.26. The lowest BCUT2D eigenvalue weighted by atomic mass is 10.0. The van der Waals surface area contributed by atoms with Crippen molar-refractivity contribution in [2.75, 3.05) is 19.3 Å². The molecule has 9 nitrogen and oxygen atoms in total. The van der Waals surface area contributed by atoms with E-state index in [0.29, 0.717) is 30.2 Å². The maximum Gasteiger partial charge on any atom is 0.264 e. The summed E-state index contributed by atoms with van der Waals surface area (Å²) < 4.78 is 5.95. The van der Waals surface area contributed by atoms with E-state index < -0.39 is 5.54 Å². The number of amides is 1. The number of nitriles is 1. The largest absolute Gasteiger partial charge is 0.457 e. The molecule has 1 fully saturated rings. The monoisotopic (exact) mass is 535 g/mol. The van der Waals surface area contributed by atoms with Crippen molar-refractivity contribution in [3.8, 4) is 28.8 Å². The minimum absolute atomic E-state index is 0.0679. The third-order valence-electron chi connectivity index (χ3n) is 7.32. The van der Waals surface area contributed by atoms with Crippen molar-refractivity contribution >= 4 is 22.6 Å². The zero-order valence-corrected chi connectivity index (χ0v) is 22.9. The van der Waals surface area contributed by atoms with Crippen LogP contribution in [0.25, 0.3) is 22.2 Å². The summed E-state index contributed by atoms with van der Waals surface area (Å²) in [7, 11) is 1.81. The van der Waals surface area contributed by atoms with Crippen LogP contribution in [0.3, 0.4) is 0 Å². The highest BCUT2D eigenvalue weighted by Gasteiger charge is 2.32. The Balaban J connectivity index is 1.42. The molecule has 0 unspecified atom stereocenters. The fourth-order valence-electron chi connectivity index (χ4n) is 5.03. The van der Waals surface area contributed by atoms with Gasteiger partial charge in [0, 0.05) is 35.8 Å². The van der Waals surface area contributed by atoms with Crippen LogP contribution in [-0.4, -0.2) is 51.2 Å². The standard InChI is InChI=1S/C31H33N7O2/c1-31(2,34-3)18-21(19-32)30(39)38-15-7-8-23(38)16-22-17-26-27(29(33)37-36-26)28(35-22)20-11-13-25(14-12-20)40-24-9-5-4-6-10-24/h4-6,9-14,17-18,23,34H,7-8,15-16H2,1-3H3,(H3,33,36,37)/b21-18-/t23-/m1/s1. The zero-order chi connectivity index (χ0) is 28.3. The fourth-order valence-corrected chi connectivity index (χ4v) is 5.03. The van der Waals surface area contributed by atoms with Crippen LogP contribution in [0.2, 0.25) is 0 Å². The van der Waals surface area contributed by atoms with Gasteiger partial charge in [-0.25, -0.2) is 0 Å². The maximum absolute atomic E-state index is 13.4. The molecule has 40 heavy (non-hydrogen) atoms. The average molecular weight is 536 g/mol. The molecule has 3 heterocycles. The molecule has 2 aromatic heterocycles. The molecule has 0 spiro atoms. The van der Waals surface area contributed by atoms with Crippen molar-refractivity contribution in [2.45, 2.75) is 44.7 Å². The van der Waals surface area contributed by atoms with Crippen LogP contribution in [0.5, 0.6) is 11.5 Å². The van der Waals surface area contributed by atoms with E-state index in [1.165, 1.54) is 0 Å². The van der Waals surface area contributed by atoms with Crippen molar-refractivity contribution < 1.29 is 9.53 Å². The molecule has 1 amide bonds. The first-order valence-electron chi connectivity index (χ1n) is 13.4. The zero-order valence-electron chi connectivity index (χ0n) is 22.9. The van der Waals surface area contributed by atoms with Gasteiger partial charge in [-0.3, -0.25) is 14.9 Å². The number of nitrogens with one attached hydrogen (secondary N) is 2. The number of likely N-dealkylation sites (N-methyl/N-ethyl adjacent to an activating group) is 1. The average Bonchev–Trinajstić information content (AvgIpc) is 3.58. The third kappa shape index (κ3) is 5.67. The Bertz CT molecular complexity index is 1580. The number of hydrogen-bond donors (Lipinski definition) is 3. The second-order valence-electron chi connectivity index (χ2n) is 10.6. The van der Waals surface area contributed by atoms with Crippen molar-refractivity contribution in [1.29, 1.82) is 5.26 Å². The minimum Gasteiger partial charge on any atom is -0.457 e. The molecule has 9 heteroatoms. The van der Waals surface area contributed by atoms with E-state index in [9.17, 15) is 10.1 Å². The summed E-state index contributed by atoms with van der Waals surface area (Å²) in [5.41, 5.74) is 9.10. The topological polar surface area (TPSA) is 133 Å². The Morgan fingerprint density at radius 3 is 2.65 bits per heavy atom. The van der Waals surface area contributed by atoms with Crippen molar-refractivity contribution in [3.05, 3.63) is 78.0 Å². The Morgan fingerprint density at radius 1 is 1.23 bits per heavy atom. The summed E-state index contributed by atoms with van der Waals surface area (Å²) >= 11 is 0. The maximum atomic E-state index is 13.4. The highest BCUT2D eigenvalue weighted by atomic mass is 16.5. The van der Waals surface area contributed by atoms with E-state index in [-0.39, 0.29) is 17.5 Å². The number of likely N-dealkylation sites (tertiary alicyclic amines) is 1. The number of nitrogens with zero attached hydrogens (tertiary/aromatic N) is 4. The van der Waals surface area contributed by atoms with Gasteiger partial charge in [0.05, 0.1) is 16.6 Å². The van der Waals surface area contributed by atoms with Crippen LogP contribution in [0.4, 0.5) is 5.82 Å². The van der Waals surface area contributed by atoms with Gasteiger partial charge in [0.1, 0.15) is 23.1 Å². The number of benzene rings is 2. The molecule has 1 aliphatic heterocycles. The van der Waals surface area contributed by atoms with Gasteiger partial charge in [-0.05, 0) is 82.3 Å². The summed E-state index contributed by atoms with van der Waals surface area (Å²) in [5.74, 6) is 1.61. The van der Waals surface area contributed by atoms with Crippen LogP contribution >= 0.6 is 0 Å². The number of para-hydroxylation sites is 1. The van der Waals surface area contributed by atoms with Crippen LogP contribution < -0.4 is 15.8 Å². The molecule has 0 bridgehead atoms. The molecule has 1 aliphatic rings. The quantitative estimate of drug-likeness (QED) is 0.214. The molecule has 5 rings (SSSR count). The van der Waals surface area contributed by atoms with Crippen molar-refractivity contribution in [1.82, 2.24) is 25.4 Å². The number of aromatic nitrogens is 3. The summed E-state index contributed by atoms with van der Waals surface area (Å²) in [4.78, 5) is 20.2. The van der Waals surface area contributed by atoms with E-state index >= 15 is 0 Å². The highest BCUT2D eigenvalue weighted by molar-refractivity contribution is 6.00. The number of nitrogen functional groups attached to an aromatic ring is 1. The Kier molecular flexibility index (Phi) is 7.54. The molecule has 0 aliphatic carbocycles. The highest BCUT2D eigenvalue weighted by Crippen LogP contribution is 2.33. The number of carbonyl (C=O) groups is 1. The van der Waals surface area contributed by atoms with Gasteiger partial charge in [-0.15, -0.1) is 0 Å². The normalized spacial score (nSPS) is 15.8. The van der Waals surface area contributed by atoms with Gasteiger partial charge in [0.2, 0.25) is 0 Å². The van der Waals surface area contributed by atoms with Crippen LogP contribution in [0.15, 0.2) is 72.3 Å². The number of hydrogen-bond acceptors (Lipinski definition) is 7. The number of carbonyl (C=O) groups excluding carboxylic acids is 1. The molecule has 1 atom stereocenters. The summed E-state index contributed by atoms with van der Waals surface area (Å²) in [5, 5.41) is 20.9. The van der Waals surface area contributed by atoms with Gasteiger partial charge in [-0.2, -0.15) is 10.4 Å². The van der Waals surface area contributed by atoms with E-state index in [1.807, 2.05) is 79.4 Å². The number of fused-ring (bicyclic) bond motifs is 1. The first-order chi connectivity index (χ1) is 19.3. The molecular weight excluding hydrogens is 502 g/mol. The number of aromatic amines is 1. The molecule has 1 saturated heterocycles. The summed E-state index contributed by atoms with van der Waals surface area (Å²) in [6.07, 6.45) is 3.97. The van der Waals surface area contributed by atoms with Crippen LogP contribution in [-0.2, 0) is 11.2 Å². The van der Waals surface area contributed by atoms with Crippen molar-refractivity contribution in [2.24, 2.45) is 0 Å². The Labute approximate surface area is 233 Å². The number of H-pyrrole nitrogens is 1. The molecular formula is C31H33N7O2. The lowest BCUT2D eigenvalue weighted by Crippen LogP contribution is -2.40. The van der Waals surface area contributed by atoms with Gasteiger partial charge >= 0.3 is 0 Å². The van der Waals surface area contributed by atoms with E-state index in [4.69, 9.17) is 15.5 Å². The minimum atomic E-state index is -0.473. The van der Waals surface area contributed by atoms with Crippen LogP contribution in [0, 0.1) is 11.3 Å². The smallest absolute Gasteiger partial charge is 0.264 e. The molecule has 0 saturated carbocycles. The number of pyridine rings is 1. The second kappa shape index (κ2) is 11.2. The predicted octanol–water partition coefficient (Wildman–Crippen LogP) is 4.98. The first kappa shape index (κ1) is 26.9. The van der Waals surface area contributed by atoms with Gasteiger partial charge < -0.3 is 20.7 Å². The molecule has 4 N–H and O–H groups in total. The number of nitrogens with two attached hydrogens (primary N) is 1. The number of anilines is 1. The van der Waals surface area contributed by atoms with E-state index in [0.717, 1.165) is 40.8 Å². The predicted molar refractivity (Wildman–Crippen MR) is 156 cm³/mol. The lowest BCUT2D eigenvalue weighted by molar-refractivity contribution is -0.127. The number of rotatable bonds is 8. The number of ether oxygens (including phenoxy) is 1. The van der Waals surface area contributed by atoms with Crippen LogP contribution in [0.1, 0.15) is 32.4 Å². The third-order valence-corrected chi connectivity index (χ3v) is 7.32. The van der Waals surface area contributed by atoms with Gasteiger partial charge in [0.15, 0.2) is 5.82 Å². The summed E-state index contributed by atoms with van der Waals surface area (Å²) in [6, 6.07) is 21.3. The van der Waals surface area contributed by atoms with E-state index in [2.05, 4.69) is 21.6 Å². The van der Waals surface area contributed by atoms with Gasteiger partial charge in [-0.1, -0.05) is 18.2 Å². The Morgan fingerprint density at radius 2 is 1.95 bits per heavy atom. The molecule has 0 radical (unpaired) electrons. The van der Waals surface area contributed by atoms with E-state index in [1.54, 1.807) is 13.1 Å². The Hall–Kier alpha value is -4.68. The first-order valence-corrected chi connectivity index (χ1v) is 13.4. The molecule has 2 aromatic carbocycles. The second-order valence-corrected chi connectivity index (χ2v) is 10.6. The SMILES string of the molecule is CNC(C)(C)/C=C(/C#N)C(=O)N1CCC[C@@H]1Cc1cc2[nH]nc(N)c2c(-c2ccc(Oc3ccccc3)cc2)n1. The molecule has 4 aromatic rings. The van der Waals surface area contributed by atoms with Gasteiger partial charge in [0.25, 0.3) is 5.91 Å².